The second-order valence-electron chi connectivity index (χ2n) is 5.16. The number of halogens is 4. The number of aromatic nitrogens is 2. The number of benzene rings is 1. The van der Waals surface area contributed by atoms with Crippen LogP contribution in [0.1, 0.15) is 24.1 Å². The molecule has 1 fully saturated rings. The first-order valence-corrected chi connectivity index (χ1v) is 6.92. The molecule has 0 saturated heterocycles. The van der Waals surface area contributed by atoms with E-state index in [0.29, 0.717) is 17.7 Å². The highest BCUT2D eigenvalue weighted by molar-refractivity contribution is 6.31. The molecule has 1 heterocycles. The Bertz CT molecular complexity index is 675. The van der Waals surface area contributed by atoms with E-state index in [1.165, 1.54) is 6.07 Å². The van der Waals surface area contributed by atoms with Crippen LogP contribution in [0.3, 0.4) is 0 Å². The van der Waals surface area contributed by atoms with Gasteiger partial charge in [-0.3, -0.25) is 4.57 Å². The molecule has 7 heteroatoms. The van der Waals surface area contributed by atoms with Gasteiger partial charge in [-0.25, -0.2) is 4.98 Å². The number of anilines is 1. The van der Waals surface area contributed by atoms with E-state index in [-0.39, 0.29) is 5.02 Å². The molecule has 1 aromatic heterocycles. The van der Waals surface area contributed by atoms with Crippen molar-refractivity contribution in [2.75, 3.05) is 5.32 Å². The molecule has 0 bridgehead atoms. The van der Waals surface area contributed by atoms with Crippen molar-refractivity contribution in [3.63, 3.8) is 0 Å². The van der Waals surface area contributed by atoms with Crippen molar-refractivity contribution in [1.29, 1.82) is 0 Å². The van der Waals surface area contributed by atoms with Crippen LogP contribution in [0, 0.1) is 6.92 Å². The molecule has 1 aromatic carbocycles. The van der Waals surface area contributed by atoms with E-state index in [1.54, 1.807) is 23.8 Å². The van der Waals surface area contributed by atoms with Gasteiger partial charge in [-0.2, -0.15) is 13.2 Å². The monoisotopic (exact) mass is 315 g/mol. The molecular weight excluding hydrogens is 303 g/mol. The zero-order chi connectivity index (χ0) is 15.2. The molecule has 112 valence electrons. The van der Waals surface area contributed by atoms with E-state index < -0.39 is 11.7 Å². The van der Waals surface area contributed by atoms with E-state index >= 15 is 0 Å². The van der Waals surface area contributed by atoms with Gasteiger partial charge in [-0.1, -0.05) is 11.6 Å². The van der Waals surface area contributed by atoms with Crippen molar-refractivity contribution in [3.05, 3.63) is 40.7 Å². The third-order valence-corrected chi connectivity index (χ3v) is 3.60. The van der Waals surface area contributed by atoms with Crippen molar-refractivity contribution in [1.82, 2.24) is 9.55 Å². The maximum absolute atomic E-state index is 12.9. The third-order valence-electron chi connectivity index (χ3n) is 3.27. The van der Waals surface area contributed by atoms with Gasteiger partial charge >= 0.3 is 6.18 Å². The van der Waals surface area contributed by atoms with E-state index in [2.05, 4.69) is 10.3 Å². The highest BCUT2D eigenvalue weighted by atomic mass is 35.5. The van der Waals surface area contributed by atoms with Crippen molar-refractivity contribution in [2.24, 2.45) is 0 Å². The number of imidazole rings is 1. The Kier molecular flexibility index (Phi) is 3.36. The lowest BCUT2D eigenvalue weighted by atomic mass is 10.2. The predicted octanol–water partition coefficient (Wildman–Crippen LogP) is 4.43. The second kappa shape index (κ2) is 4.94. The summed E-state index contributed by atoms with van der Waals surface area (Å²) in [6, 6.07) is 4.22. The molecule has 2 aromatic rings. The summed E-state index contributed by atoms with van der Waals surface area (Å²) in [5.41, 5.74) is 0.280. The Morgan fingerprint density at radius 3 is 2.67 bits per heavy atom. The zero-order valence-corrected chi connectivity index (χ0v) is 12.0. The Morgan fingerprint density at radius 2 is 2.05 bits per heavy atom. The van der Waals surface area contributed by atoms with Crippen LogP contribution >= 0.6 is 11.6 Å². The molecule has 1 saturated carbocycles. The van der Waals surface area contributed by atoms with Gasteiger partial charge in [-0.05, 0) is 38.0 Å². The van der Waals surface area contributed by atoms with Gasteiger partial charge in [0.25, 0.3) is 0 Å². The molecule has 21 heavy (non-hydrogen) atoms. The number of rotatable bonds is 3. The summed E-state index contributed by atoms with van der Waals surface area (Å²) in [5, 5.41) is 2.91. The van der Waals surface area contributed by atoms with Crippen molar-refractivity contribution >= 4 is 17.5 Å². The number of aryl methyl sites for hydroxylation is 1. The molecule has 1 aliphatic rings. The van der Waals surface area contributed by atoms with E-state index in [9.17, 15) is 13.2 Å². The van der Waals surface area contributed by atoms with Gasteiger partial charge in [0.05, 0.1) is 16.3 Å². The van der Waals surface area contributed by atoms with Crippen LogP contribution in [-0.2, 0) is 6.18 Å². The van der Waals surface area contributed by atoms with Gasteiger partial charge in [0.15, 0.2) is 0 Å². The number of hydrogen-bond donors (Lipinski definition) is 1. The van der Waals surface area contributed by atoms with Crippen molar-refractivity contribution < 1.29 is 13.2 Å². The summed E-state index contributed by atoms with van der Waals surface area (Å²) in [5.74, 6) is 0.561. The number of hydrogen-bond acceptors (Lipinski definition) is 2. The summed E-state index contributed by atoms with van der Waals surface area (Å²) in [4.78, 5) is 4.32. The smallest absolute Gasteiger partial charge is 0.353 e. The average Bonchev–Trinajstić information content (AvgIpc) is 3.11. The summed E-state index contributed by atoms with van der Waals surface area (Å²) < 4.78 is 40.5. The van der Waals surface area contributed by atoms with Crippen LogP contribution in [0.4, 0.5) is 19.1 Å². The fraction of sp³-hybridized carbons (Fsp3) is 0.357. The van der Waals surface area contributed by atoms with Crippen molar-refractivity contribution in [2.45, 2.75) is 32.0 Å². The minimum atomic E-state index is -4.48. The van der Waals surface area contributed by atoms with Crippen LogP contribution < -0.4 is 5.32 Å². The lowest BCUT2D eigenvalue weighted by Gasteiger charge is -2.13. The fourth-order valence-corrected chi connectivity index (χ4v) is 2.31. The molecule has 0 radical (unpaired) electrons. The zero-order valence-electron chi connectivity index (χ0n) is 11.2. The quantitative estimate of drug-likeness (QED) is 0.908. The summed E-state index contributed by atoms with van der Waals surface area (Å²) in [6.07, 6.45) is -0.665. The average molecular weight is 316 g/mol. The van der Waals surface area contributed by atoms with E-state index in [1.807, 2.05) is 0 Å². The highest BCUT2D eigenvalue weighted by Gasteiger charge is 2.33. The normalized spacial score (nSPS) is 15.3. The fourth-order valence-electron chi connectivity index (χ4n) is 2.09. The van der Waals surface area contributed by atoms with Crippen LogP contribution in [0.25, 0.3) is 5.69 Å². The molecule has 1 aliphatic carbocycles. The van der Waals surface area contributed by atoms with Gasteiger partial charge in [0.1, 0.15) is 0 Å². The minimum absolute atomic E-state index is 0.306. The number of nitrogens with one attached hydrogen (secondary N) is 1. The highest BCUT2D eigenvalue weighted by Crippen LogP contribution is 2.36. The first-order chi connectivity index (χ1) is 9.84. The van der Waals surface area contributed by atoms with Crippen LogP contribution in [0.2, 0.25) is 5.02 Å². The molecule has 0 unspecified atom stereocenters. The largest absolute Gasteiger partial charge is 0.417 e. The molecule has 3 rings (SSSR count). The van der Waals surface area contributed by atoms with Gasteiger partial charge < -0.3 is 5.32 Å². The van der Waals surface area contributed by atoms with E-state index in [4.69, 9.17) is 11.6 Å². The van der Waals surface area contributed by atoms with Crippen LogP contribution in [-0.4, -0.2) is 15.6 Å². The lowest BCUT2D eigenvalue weighted by molar-refractivity contribution is -0.137. The van der Waals surface area contributed by atoms with Gasteiger partial charge in [0, 0.05) is 17.9 Å². The molecule has 0 spiro atoms. The molecule has 3 nitrogen and oxygen atoms in total. The molecule has 0 atom stereocenters. The van der Waals surface area contributed by atoms with Crippen molar-refractivity contribution in [3.8, 4) is 5.69 Å². The Morgan fingerprint density at radius 1 is 1.33 bits per heavy atom. The predicted molar refractivity (Wildman–Crippen MR) is 75.0 cm³/mol. The molecular formula is C14H13ClF3N3. The first kappa shape index (κ1) is 14.3. The van der Waals surface area contributed by atoms with E-state index in [0.717, 1.165) is 24.6 Å². The second-order valence-corrected chi connectivity index (χ2v) is 5.56. The molecule has 0 aliphatic heterocycles. The lowest BCUT2D eigenvalue weighted by Crippen LogP contribution is -2.10. The Hall–Kier alpha value is -1.69. The SMILES string of the molecule is Cc1cn(-c2ccc(Cl)c(C(F)(F)F)c2)c(NC2CC2)n1. The summed E-state index contributed by atoms with van der Waals surface area (Å²) in [6.45, 7) is 1.80. The minimum Gasteiger partial charge on any atom is -0.353 e. The Balaban J connectivity index is 2.04. The van der Waals surface area contributed by atoms with Gasteiger partial charge in [-0.15, -0.1) is 0 Å². The molecule has 0 amide bonds. The summed E-state index contributed by atoms with van der Waals surface area (Å²) >= 11 is 5.65. The number of alkyl halides is 3. The summed E-state index contributed by atoms with van der Waals surface area (Å²) in [7, 11) is 0. The maximum atomic E-state index is 12.9. The van der Waals surface area contributed by atoms with Crippen LogP contribution in [0.15, 0.2) is 24.4 Å². The van der Waals surface area contributed by atoms with Crippen LogP contribution in [0.5, 0.6) is 0 Å². The third kappa shape index (κ3) is 3.00. The van der Waals surface area contributed by atoms with Gasteiger partial charge in [0.2, 0.25) is 5.95 Å². The topological polar surface area (TPSA) is 29.9 Å². The standard InChI is InChI=1S/C14H13ClF3N3/c1-8-7-21(13(19-8)20-9-2-3-9)10-4-5-12(15)11(6-10)14(16,17)18/h4-7,9H,2-3H2,1H3,(H,19,20). The first-order valence-electron chi connectivity index (χ1n) is 6.54. The molecule has 1 N–H and O–H groups in total. The maximum Gasteiger partial charge on any atom is 0.417 e. The number of nitrogens with zero attached hydrogens (tertiary/aromatic N) is 2. The Labute approximate surface area is 124 Å².